The average Bonchev–Trinajstić information content (AvgIpc) is 2.80. The largest absolute Gasteiger partial charge is 0.352 e. The topological polar surface area (TPSA) is 86.8 Å². The van der Waals surface area contributed by atoms with Gasteiger partial charge < -0.3 is 10.2 Å². The highest BCUT2D eigenvalue weighted by atomic mass is 32.2. The maximum Gasteiger partial charge on any atom is 0.242 e. The van der Waals surface area contributed by atoms with Crippen LogP contribution in [0.2, 0.25) is 0 Å². The van der Waals surface area contributed by atoms with Crippen molar-refractivity contribution in [3.63, 3.8) is 0 Å². The molecule has 2 aromatic rings. The standard InChI is InChI=1S/C26H36FN3O4S/c1-6-20(3)28-26(32)21(4)29(18-22-13-8-9-14-23(22)27)25(31)16-11-17-30(35(5,33)34)24-15-10-7-12-19(24)2/h7-10,12-15,20-21H,6,11,16-18H2,1-5H3,(H,28,32). The van der Waals surface area contributed by atoms with Gasteiger partial charge in [-0.1, -0.05) is 43.3 Å². The first-order chi connectivity index (χ1) is 16.5. The highest BCUT2D eigenvalue weighted by Crippen LogP contribution is 2.23. The predicted octanol–water partition coefficient (Wildman–Crippen LogP) is 4.01. The van der Waals surface area contributed by atoms with Gasteiger partial charge in [-0.2, -0.15) is 0 Å². The first-order valence-corrected chi connectivity index (χ1v) is 13.7. The van der Waals surface area contributed by atoms with Gasteiger partial charge >= 0.3 is 0 Å². The smallest absolute Gasteiger partial charge is 0.242 e. The maximum atomic E-state index is 14.3. The van der Waals surface area contributed by atoms with E-state index in [1.807, 2.05) is 32.9 Å². The van der Waals surface area contributed by atoms with Gasteiger partial charge in [0.2, 0.25) is 21.8 Å². The lowest BCUT2D eigenvalue weighted by Gasteiger charge is -2.30. The number of para-hydroxylation sites is 1. The molecule has 0 aliphatic heterocycles. The van der Waals surface area contributed by atoms with Crippen molar-refractivity contribution < 1.29 is 22.4 Å². The Balaban J connectivity index is 2.20. The minimum absolute atomic E-state index is 0.00725. The van der Waals surface area contributed by atoms with E-state index in [2.05, 4.69) is 5.32 Å². The number of sulfonamides is 1. The Morgan fingerprint density at radius 2 is 1.69 bits per heavy atom. The highest BCUT2D eigenvalue weighted by molar-refractivity contribution is 7.92. The molecule has 0 radical (unpaired) electrons. The number of aryl methyl sites for hydroxylation is 1. The normalized spacial score (nSPS) is 13.1. The van der Waals surface area contributed by atoms with Gasteiger partial charge in [0.15, 0.2) is 0 Å². The van der Waals surface area contributed by atoms with Gasteiger partial charge in [-0.25, -0.2) is 12.8 Å². The third-order valence-corrected chi connectivity index (χ3v) is 7.18. The van der Waals surface area contributed by atoms with Crippen LogP contribution >= 0.6 is 0 Å². The van der Waals surface area contributed by atoms with E-state index in [0.717, 1.165) is 18.2 Å². The number of carbonyl (C=O) groups excluding carboxylic acids is 2. The van der Waals surface area contributed by atoms with E-state index >= 15 is 0 Å². The average molecular weight is 506 g/mol. The number of carbonyl (C=O) groups is 2. The second-order valence-electron chi connectivity index (χ2n) is 8.83. The lowest BCUT2D eigenvalue weighted by Crippen LogP contribution is -2.49. The molecular weight excluding hydrogens is 469 g/mol. The summed E-state index contributed by atoms with van der Waals surface area (Å²) in [5, 5.41) is 2.87. The fourth-order valence-electron chi connectivity index (χ4n) is 3.68. The summed E-state index contributed by atoms with van der Waals surface area (Å²) in [5.41, 5.74) is 1.68. The van der Waals surface area contributed by atoms with Crippen molar-refractivity contribution in [2.45, 2.75) is 65.6 Å². The Morgan fingerprint density at radius 3 is 2.29 bits per heavy atom. The van der Waals surface area contributed by atoms with E-state index in [9.17, 15) is 22.4 Å². The molecule has 0 aliphatic carbocycles. The zero-order valence-corrected chi connectivity index (χ0v) is 21.9. The van der Waals surface area contributed by atoms with Crippen LogP contribution in [0.15, 0.2) is 48.5 Å². The first kappa shape index (κ1) is 28.3. The number of hydrogen-bond donors (Lipinski definition) is 1. The van der Waals surface area contributed by atoms with Gasteiger partial charge in [-0.05, 0) is 51.3 Å². The monoisotopic (exact) mass is 505 g/mol. The van der Waals surface area contributed by atoms with Crippen LogP contribution in [0.5, 0.6) is 0 Å². The van der Waals surface area contributed by atoms with Gasteiger partial charge in [0.1, 0.15) is 11.9 Å². The number of rotatable bonds is 12. The Hall–Kier alpha value is -2.94. The van der Waals surface area contributed by atoms with Gasteiger partial charge in [-0.3, -0.25) is 13.9 Å². The summed E-state index contributed by atoms with van der Waals surface area (Å²) in [6.07, 6.45) is 2.12. The summed E-state index contributed by atoms with van der Waals surface area (Å²) >= 11 is 0. The van der Waals surface area contributed by atoms with E-state index in [-0.39, 0.29) is 43.8 Å². The van der Waals surface area contributed by atoms with Crippen molar-refractivity contribution in [1.29, 1.82) is 0 Å². The van der Waals surface area contributed by atoms with Crippen LogP contribution in [0, 0.1) is 12.7 Å². The predicted molar refractivity (Wildman–Crippen MR) is 137 cm³/mol. The summed E-state index contributed by atoms with van der Waals surface area (Å²) in [7, 11) is -3.56. The molecule has 2 rings (SSSR count). The van der Waals surface area contributed by atoms with Crippen molar-refractivity contribution in [3.8, 4) is 0 Å². The number of halogens is 1. The minimum atomic E-state index is -3.56. The molecule has 0 saturated heterocycles. The fraction of sp³-hybridized carbons (Fsp3) is 0.462. The Morgan fingerprint density at radius 1 is 1.06 bits per heavy atom. The summed E-state index contributed by atoms with van der Waals surface area (Å²) in [4.78, 5) is 27.4. The molecule has 2 atom stereocenters. The van der Waals surface area contributed by atoms with Gasteiger partial charge in [0.25, 0.3) is 0 Å². The van der Waals surface area contributed by atoms with Gasteiger partial charge in [-0.15, -0.1) is 0 Å². The van der Waals surface area contributed by atoms with Crippen molar-refractivity contribution in [1.82, 2.24) is 10.2 Å². The second kappa shape index (κ2) is 12.7. The SMILES string of the molecule is CCC(C)NC(=O)C(C)N(Cc1ccccc1F)C(=O)CCCN(c1ccccc1C)S(C)(=O)=O. The molecule has 2 unspecified atom stereocenters. The third kappa shape index (κ3) is 8.06. The number of hydrogen-bond acceptors (Lipinski definition) is 4. The zero-order chi connectivity index (χ0) is 26.2. The van der Waals surface area contributed by atoms with E-state index < -0.39 is 21.9 Å². The van der Waals surface area contributed by atoms with Crippen LogP contribution < -0.4 is 9.62 Å². The highest BCUT2D eigenvalue weighted by Gasteiger charge is 2.28. The van der Waals surface area contributed by atoms with Crippen LogP contribution in [0.4, 0.5) is 10.1 Å². The lowest BCUT2D eigenvalue weighted by molar-refractivity contribution is -0.141. The molecule has 0 aliphatic rings. The van der Waals surface area contributed by atoms with Crippen LogP contribution in [0.3, 0.4) is 0 Å². The van der Waals surface area contributed by atoms with E-state index in [0.29, 0.717) is 11.3 Å². The third-order valence-electron chi connectivity index (χ3n) is 6.00. The molecule has 0 spiro atoms. The molecule has 35 heavy (non-hydrogen) atoms. The molecule has 192 valence electrons. The molecular formula is C26H36FN3O4S. The molecule has 1 N–H and O–H groups in total. The number of nitrogens with zero attached hydrogens (tertiary/aromatic N) is 2. The molecule has 0 fully saturated rings. The van der Waals surface area contributed by atoms with E-state index in [1.165, 1.54) is 15.3 Å². The molecule has 0 heterocycles. The summed E-state index contributed by atoms with van der Waals surface area (Å²) in [6, 6.07) is 12.4. The fourth-order valence-corrected chi connectivity index (χ4v) is 4.71. The Kier molecular flexibility index (Phi) is 10.2. The second-order valence-corrected chi connectivity index (χ2v) is 10.7. The Labute approximate surface area is 208 Å². The first-order valence-electron chi connectivity index (χ1n) is 11.8. The quantitative estimate of drug-likeness (QED) is 0.472. The molecule has 2 aromatic carbocycles. The van der Waals surface area contributed by atoms with Crippen LogP contribution in [-0.4, -0.2) is 50.0 Å². The van der Waals surface area contributed by atoms with Crippen LogP contribution in [-0.2, 0) is 26.2 Å². The molecule has 7 nitrogen and oxygen atoms in total. The summed E-state index contributed by atoms with van der Waals surface area (Å²) in [5.74, 6) is -1.12. The van der Waals surface area contributed by atoms with E-state index in [1.54, 1.807) is 37.3 Å². The molecule has 0 aromatic heterocycles. The van der Waals surface area contributed by atoms with Gasteiger partial charge in [0.05, 0.1) is 11.9 Å². The van der Waals surface area contributed by atoms with E-state index in [4.69, 9.17) is 0 Å². The number of nitrogens with one attached hydrogen (secondary N) is 1. The Bertz CT molecular complexity index is 1120. The van der Waals surface area contributed by atoms with Crippen molar-refractivity contribution in [3.05, 3.63) is 65.5 Å². The maximum absolute atomic E-state index is 14.3. The molecule has 9 heteroatoms. The number of anilines is 1. The zero-order valence-electron chi connectivity index (χ0n) is 21.1. The van der Waals surface area contributed by atoms with Gasteiger partial charge in [0, 0.05) is 31.1 Å². The van der Waals surface area contributed by atoms with Crippen LogP contribution in [0.25, 0.3) is 0 Å². The van der Waals surface area contributed by atoms with Crippen LogP contribution in [0.1, 0.15) is 51.2 Å². The molecule has 0 saturated carbocycles. The minimum Gasteiger partial charge on any atom is -0.352 e. The van der Waals surface area contributed by atoms with Crippen molar-refractivity contribution in [2.75, 3.05) is 17.1 Å². The van der Waals surface area contributed by atoms with Crippen molar-refractivity contribution in [2.24, 2.45) is 0 Å². The lowest BCUT2D eigenvalue weighted by atomic mass is 10.1. The summed E-state index contributed by atoms with van der Waals surface area (Å²) in [6.45, 7) is 7.31. The number of amides is 2. The van der Waals surface area contributed by atoms with Crippen molar-refractivity contribution >= 4 is 27.5 Å². The molecule has 2 amide bonds. The molecule has 0 bridgehead atoms. The summed E-state index contributed by atoms with van der Waals surface area (Å²) < 4.78 is 40.5. The number of benzene rings is 2.